The highest BCUT2D eigenvalue weighted by molar-refractivity contribution is 8.00. The molecule has 0 bridgehead atoms. The first kappa shape index (κ1) is 21.9. The van der Waals surface area contributed by atoms with E-state index < -0.39 is 0 Å². The molecular weight excluding hydrogens is 358 g/mol. The van der Waals surface area contributed by atoms with Gasteiger partial charge in [-0.3, -0.25) is 0 Å². The summed E-state index contributed by atoms with van der Waals surface area (Å²) in [5.41, 5.74) is 0.867. The van der Waals surface area contributed by atoms with Crippen LogP contribution in [0.15, 0.2) is 29.3 Å². The molecule has 1 aromatic rings. The van der Waals surface area contributed by atoms with Crippen molar-refractivity contribution in [1.29, 1.82) is 0 Å². The van der Waals surface area contributed by atoms with Gasteiger partial charge in [0.25, 0.3) is 0 Å². The van der Waals surface area contributed by atoms with Crippen molar-refractivity contribution >= 4 is 17.7 Å². The number of hydrogen-bond donors (Lipinski definition) is 2. The van der Waals surface area contributed by atoms with Gasteiger partial charge in [-0.2, -0.15) is 11.8 Å². The number of aliphatic imine (C=N–C) groups is 1. The second-order valence-electron chi connectivity index (χ2n) is 7.87. The topological polar surface area (TPSA) is 54.9 Å². The number of nitrogens with one attached hydrogen (secondary N) is 2. The van der Waals surface area contributed by atoms with Gasteiger partial charge in [-0.15, -0.1) is 0 Å². The summed E-state index contributed by atoms with van der Waals surface area (Å²) in [7, 11) is 0. The maximum Gasteiger partial charge on any atom is 0.191 e. The second-order valence-corrected chi connectivity index (χ2v) is 9.14. The lowest BCUT2D eigenvalue weighted by Gasteiger charge is -2.36. The molecule has 0 amide bonds. The first-order valence-electron chi connectivity index (χ1n) is 9.79. The molecule has 1 aliphatic heterocycles. The number of para-hydroxylation sites is 1. The SMILES string of the molecule is CCNC(=NCc1ccccc1OC(C)(C)C)NCC1(SC)CCOCC1. The monoisotopic (exact) mass is 393 g/mol. The number of benzene rings is 1. The zero-order valence-electron chi connectivity index (χ0n) is 17.4. The number of ether oxygens (including phenoxy) is 2. The summed E-state index contributed by atoms with van der Waals surface area (Å²) in [5.74, 6) is 1.75. The van der Waals surface area contributed by atoms with E-state index in [1.54, 1.807) is 0 Å². The first-order valence-corrected chi connectivity index (χ1v) is 11.0. The first-order chi connectivity index (χ1) is 12.9. The van der Waals surface area contributed by atoms with Gasteiger partial charge in [-0.05, 0) is 52.9 Å². The van der Waals surface area contributed by atoms with Crippen LogP contribution >= 0.6 is 11.8 Å². The molecular formula is C21H35N3O2S. The molecule has 1 fully saturated rings. The minimum Gasteiger partial charge on any atom is -0.488 e. The van der Waals surface area contributed by atoms with Crippen LogP contribution in [0.1, 0.15) is 46.1 Å². The van der Waals surface area contributed by atoms with Crippen LogP contribution in [0.2, 0.25) is 0 Å². The summed E-state index contributed by atoms with van der Waals surface area (Å²) in [6, 6.07) is 8.13. The quantitative estimate of drug-likeness (QED) is 0.545. The van der Waals surface area contributed by atoms with Crippen LogP contribution in [0.4, 0.5) is 0 Å². The molecule has 0 aliphatic carbocycles. The zero-order valence-corrected chi connectivity index (χ0v) is 18.2. The summed E-state index contributed by atoms with van der Waals surface area (Å²) in [6.07, 6.45) is 4.34. The van der Waals surface area contributed by atoms with Gasteiger partial charge in [0.15, 0.2) is 5.96 Å². The van der Waals surface area contributed by atoms with Crippen LogP contribution in [0.25, 0.3) is 0 Å². The Hall–Kier alpha value is -1.40. The molecule has 1 saturated heterocycles. The van der Waals surface area contributed by atoms with Gasteiger partial charge in [-0.1, -0.05) is 18.2 Å². The third-order valence-electron chi connectivity index (χ3n) is 4.56. The lowest BCUT2D eigenvalue weighted by Crippen LogP contribution is -2.47. The highest BCUT2D eigenvalue weighted by atomic mass is 32.2. The molecule has 6 heteroatoms. The Balaban J connectivity index is 2.05. The lowest BCUT2D eigenvalue weighted by molar-refractivity contribution is 0.0783. The third-order valence-corrected chi connectivity index (χ3v) is 5.97. The van der Waals surface area contributed by atoms with Crippen LogP contribution in [0, 0.1) is 0 Å². The van der Waals surface area contributed by atoms with Crippen LogP contribution in [-0.2, 0) is 11.3 Å². The van der Waals surface area contributed by atoms with Crippen molar-refractivity contribution in [3.63, 3.8) is 0 Å². The van der Waals surface area contributed by atoms with Gasteiger partial charge in [0.05, 0.1) is 6.54 Å². The number of rotatable bonds is 7. The molecule has 1 heterocycles. The van der Waals surface area contributed by atoms with Crippen LogP contribution < -0.4 is 15.4 Å². The number of guanidine groups is 1. The van der Waals surface area contributed by atoms with E-state index in [2.05, 4.69) is 50.7 Å². The lowest BCUT2D eigenvalue weighted by atomic mass is 9.99. The molecule has 0 aromatic heterocycles. The second kappa shape index (κ2) is 10.2. The predicted octanol–water partition coefficient (Wildman–Crippen LogP) is 3.83. The van der Waals surface area contributed by atoms with E-state index in [0.29, 0.717) is 6.54 Å². The van der Waals surface area contributed by atoms with E-state index in [0.717, 1.165) is 56.4 Å². The molecule has 0 atom stereocenters. The van der Waals surface area contributed by atoms with Gasteiger partial charge < -0.3 is 20.1 Å². The molecule has 1 aromatic carbocycles. The third kappa shape index (κ3) is 7.26. The summed E-state index contributed by atoms with van der Waals surface area (Å²) in [4.78, 5) is 4.80. The van der Waals surface area contributed by atoms with Gasteiger partial charge in [0.1, 0.15) is 11.4 Å². The van der Waals surface area contributed by atoms with Gasteiger partial charge in [0, 0.05) is 36.6 Å². The average Bonchev–Trinajstić information content (AvgIpc) is 2.64. The molecule has 2 rings (SSSR count). The van der Waals surface area contributed by atoms with Gasteiger partial charge in [0.2, 0.25) is 0 Å². The van der Waals surface area contributed by atoms with E-state index in [4.69, 9.17) is 14.5 Å². The Kier molecular flexibility index (Phi) is 8.29. The van der Waals surface area contributed by atoms with Crippen molar-refractivity contribution < 1.29 is 9.47 Å². The summed E-state index contributed by atoms with van der Waals surface area (Å²) in [6.45, 7) is 12.3. The van der Waals surface area contributed by atoms with Crippen molar-refractivity contribution in [2.24, 2.45) is 4.99 Å². The van der Waals surface area contributed by atoms with E-state index in [-0.39, 0.29) is 10.3 Å². The fourth-order valence-electron chi connectivity index (χ4n) is 3.01. The Labute approximate surface area is 168 Å². The minimum absolute atomic E-state index is 0.224. The van der Waals surface area contributed by atoms with E-state index in [9.17, 15) is 0 Å². The number of nitrogens with zero attached hydrogens (tertiary/aromatic N) is 1. The molecule has 0 saturated carbocycles. The summed E-state index contributed by atoms with van der Waals surface area (Å²) < 4.78 is 11.8. The Morgan fingerprint density at radius 3 is 2.56 bits per heavy atom. The van der Waals surface area contributed by atoms with E-state index >= 15 is 0 Å². The van der Waals surface area contributed by atoms with Crippen molar-refractivity contribution in [3.05, 3.63) is 29.8 Å². The number of hydrogen-bond acceptors (Lipinski definition) is 4. The molecule has 1 aliphatic rings. The molecule has 2 N–H and O–H groups in total. The minimum atomic E-state index is -0.226. The maximum absolute atomic E-state index is 6.09. The Morgan fingerprint density at radius 2 is 1.93 bits per heavy atom. The molecule has 152 valence electrons. The molecule has 0 spiro atoms. The van der Waals surface area contributed by atoms with E-state index in [1.807, 2.05) is 30.0 Å². The fourth-order valence-corrected chi connectivity index (χ4v) is 3.80. The highest BCUT2D eigenvalue weighted by Gasteiger charge is 2.31. The smallest absolute Gasteiger partial charge is 0.191 e. The van der Waals surface area contributed by atoms with Crippen LogP contribution in [0.5, 0.6) is 5.75 Å². The fraction of sp³-hybridized carbons (Fsp3) is 0.667. The van der Waals surface area contributed by atoms with Crippen molar-refractivity contribution in [2.45, 2.75) is 57.4 Å². The molecule has 27 heavy (non-hydrogen) atoms. The van der Waals surface area contributed by atoms with Gasteiger partial charge in [-0.25, -0.2) is 4.99 Å². The largest absolute Gasteiger partial charge is 0.488 e. The zero-order chi connectivity index (χ0) is 19.8. The summed E-state index contributed by atoms with van der Waals surface area (Å²) in [5, 5.41) is 6.90. The predicted molar refractivity (Wildman–Crippen MR) is 116 cm³/mol. The standard InChI is InChI=1S/C21H35N3O2S/c1-6-22-19(24-16-21(27-5)11-13-25-14-12-21)23-15-17-9-7-8-10-18(17)26-20(2,3)4/h7-10H,6,11-16H2,1-5H3,(H2,22,23,24). The highest BCUT2D eigenvalue weighted by Crippen LogP contribution is 2.33. The van der Waals surface area contributed by atoms with Crippen molar-refractivity contribution in [2.75, 3.05) is 32.6 Å². The van der Waals surface area contributed by atoms with Crippen molar-refractivity contribution in [3.8, 4) is 5.75 Å². The normalized spacial score (nSPS) is 17.4. The summed E-state index contributed by atoms with van der Waals surface area (Å²) >= 11 is 1.93. The van der Waals surface area contributed by atoms with E-state index in [1.165, 1.54) is 0 Å². The molecule has 5 nitrogen and oxygen atoms in total. The number of thioether (sulfide) groups is 1. The average molecular weight is 394 g/mol. The van der Waals surface area contributed by atoms with Crippen LogP contribution in [-0.4, -0.2) is 48.9 Å². The van der Waals surface area contributed by atoms with Crippen LogP contribution in [0.3, 0.4) is 0 Å². The Bertz CT molecular complexity index is 608. The molecule has 0 radical (unpaired) electrons. The van der Waals surface area contributed by atoms with Crippen molar-refractivity contribution in [1.82, 2.24) is 10.6 Å². The maximum atomic E-state index is 6.09. The Morgan fingerprint density at radius 1 is 1.22 bits per heavy atom. The molecule has 0 unspecified atom stereocenters. The van der Waals surface area contributed by atoms with Gasteiger partial charge >= 0.3 is 0 Å².